The minimum absolute atomic E-state index is 0.0120. The molecule has 0 radical (unpaired) electrons. The van der Waals surface area contributed by atoms with Gasteiger partial charge in [-0.2, -0.15) is 21.0 Å². The molecule has 42 heavy (non-hydrogen) atoms. The molecule has 0 saturated carbocycles. The van der Waals surface area contributed by atoms with E-state index in [1.807, 2.05) is 18.2 Å². The number of hydrogen-bond acceptors (Lipinski definition) is 10. The zero-order valence-corrected chi connectivity index (χ0v) is 25.4. The third-order valence-electron chi connectivity index (χ3n) is 7.42. The molecule has 0 aliphatic heterocycles. The number of nitriles is 5. The summed E-state index contributed by atoms with van der Waals surface area (Å²) in [4.78, 5) is 28.1. The van der Waals surface area contributed by atoms with E-state index in [-0.39, 0.29) is 45.8 Å². The van der Waals surface area contributed by atoms with E-state index in [2.05, 4.69) is 22.3 Å². The number of carbonyl (C=O) groups is 2. The average Bonchev–Trinajstić information content (AvgIpc) is 3.02. The van der Waals surface area contributed by atoms with Gasteiger partial charge >= 0.3 is 0 Å². The van der Waals surface area contributed by atoms with Crippen LogP contribution in [0.1, 0.15) is 64.2 Å². The fourth-order valence-corrected chi connectivity index (χ4v) is 6.32. The summed E-state index contributed by atoms with van der Waals surface area (Å²) in [5, 5.41) is 50.9. The number of hydrogen-bond donors (Lipinski definition) is 1. The van der Waals surface area contributed by atoms with Crippen molar-refractivity contribution in [3.05, 3.63) is 56.2 Å². The second kappa shape index (κ2) is 17.5. The fourth-order valence-electron chi connectivity index (χ4n) is 5.32. The van der Waals surface area contributed by atoms with Crippen molar-refractivity contribution in [1.82, 2.24) is 5.32 Å². The first-order valence-electron chi connectivity index (χ1n) is 13.5. The molecule has 2 aliphatic carbocycles. The van der Waals surface area contributed by atoms with Crippen LogP contribution in [-0.4, -0.2) is 29.3 Å². The number of thioether (sulfide) groups is 2. The molecular weight excluding hydrogens is 567 g/mol. The Morgan fingerprint density at radius 3 is 1.93 bits per heavy atom. The summed E-state index contributed by atoms with van der Waals surface area (Å²) in [6, 6.07) is 9.91. The molecule has 0 bridgehead atoms. The van der Waals surface area contributed by atoms with Crippen LogP contribution in [0.4, 0.5) is 0 Å². The number of unbranched alkanes of at least 4 members (excludes halogenated alkanes) is 4. The molecule has 0 amide bonds. The van der Waals surface area contributed by atoms with Crippen LogP contribution in [0.2, 0.25) is 0 Å². The summed E-state index contributed by atoms with van der Waals surface area (Å²) in [5.74, 6) is -0.747. The molecule has 11 heteroatoms. The Balaban J connectivity index is 1.99. The molecule has 1 N–H and O–H groups in total. The lowest BCUT2D eigenvalue weighted by Crippen LogP contribution is -2.27. The van der Waals surface area contributed by atoms with Crippen molar-refractivity contribution in [2.45, 2.75) is 64.2 Å². The molecular formula is C31H31N7O2S2. The van der Waals surface area contributed by atoms with Crippen LogP contribution in [0.5, 0.6) is 0 Å². The zero-order chi connectivity index (χ0) is 31.1. The van der Waals surface area contributed by atoms with Crippen LogP contribution in [0, 0.1) is 75.1 Å². The van der Waals surface area contributed by atoms with Gasteiger partial charge < -0.3 is 5.32 Å². The van der Waals surface area contributed by atoms with Crippen LogP contribution >= 0.6 is 23.5 Å². The van der Waals surface area contributed by atoms with Crippen molar-refractivity contribution in [1.29, 1.82) is 26.3 Å². The Hall–Kier alpha value is -4.26. The number of allylic oxidation sites excluding steroid dienone is 8. The van der Waals surface area contributed by atoms with E-state index in [4.69, 9.17) is 6.57 Å². The predicted octanol–water partition coefficient (Wildman–Crippen LogP) is 6.15. The molecule has 0 aromatic heterocycles. The molecule has 0 aromatic rings. The highest BCUT2D eigenvalue weighted by Crippen LogP contribution is 2.39. The molecule has 214 valence electrons. The summed E-state index contributed by atoms with van der Waals surface area (Å²) in [6.45, 7) is 7.88. The van der Waals surface area contributed by atoms with Gasteiger partial charge in [-0.05, 0) is 68.6 Å². The normalized spacial score (nSPS) is 19.3. The Kier molecular flexibility index (Phi) is 14.2. The Labute approximate surface area is 256 Å². The largest absolute Gasteiger partial charge is 0.387 e. The summed E-state index contributed by atoms with van der Waals surface area (Å²) < 4.78 is 0. The number of nitrogens with zero attached hydrogens (tertiary/aromatic N) is 6. The van der Waals surface area contributed by atoms with Gasteiger partial charge in [-0.1, -0.05) is 48.4 Å². The second-order valence-corrected chi connectivity index (χ2v) is 11.5. The standard InChI is InChI=1S/C31H31N7O2S2/c1-37-29(19-36)25-13-22(31(40)42-3)14-28(27(25)18-35)38-10-8-6-4-5-7-9-20-11-21(30(39)41-2)12-24(26(20)17-34)23(15-32)16-33/h21-22,38H,4-14H2,2-3H3/b29-25+. The molecule has 2 aliphatic rings. The summed E-state index contributed by atoms with van der Waals surface area (Å²) in [7, 11) is 0. The molecule has 2 atom stereocenters. The van der Waals surface area contributed by atoms with Crippen LogP contribution in [0.15, 0.2) is 44.8 Å². The third kappa shape index (κ3) is 8.62. The number of carbonyl (C=O) groups excluding carboxylic acids is 2. The maximum atomic E-state index is 12.4. The first kappa shape index (κ1) is 33.9. The van der Waals surface area contributed by atoms with E-state index in [1.165, 1.54) is 0 Å². The quantitative estimate of drug-likeness (QED) is 0.165. The summed E-state index contributed by atoms with van der Waals surface area (Å²) in [6.07, 6.45) is 9.64. The van der Waals surface area contributed by atoms with Crippen molar-refractivity contribution in [2.24, 2.45) is 11.8 Å². The van der Waals surface area contributed by atoms with Crippen LogP contribution in [-0.2, 0) is 9.59 Å². The van der Waals surface area contributed by atoms with Crippen LogP contribution in [0.3, 0.4) is 0 Å². The van der Waals surface area contributed by atoms with Gasteiger partial charge in [-0.25, -0.2) is 10.1 Å². The maximum absolute atomic E-state index is 12.4. The highest BCUT2D eigenvalue weighted by Gasteiger charge is 2.32. The average molecular weight is 598 g/mol. The van der Waals surface area contributed by atoms with E-state index >= 15 is 0 Å². The van der Waals surface area contributed by atoms with E-state index < -0.39 is 5.92 Å². The SMILES string of the molecule is [C-]#[N+]/C(C#N)=C1\CC(C(=O)SC)CC(NCCCCCCCC2=C(C#N)C(=C(C#N)C#N)CC(C(=O)SC)C2)=C1C#N. The maximum Gasteiger partial charge on any atom is 0.266 e. The zero-order valence-electron chi connectivity index (χ0n) is 23.7. The van der Waals surface area contributed by atoms with E-state index in [0.29, 0.717) is 48.2 Å². The molecule has 0 spiro atoms. The number of nitrogens with one attached hydrogen (secondary N) is 1. The third-order valence-corrected chi connectivity index (χ3v) is 8.89. The smallest absolute Gasteiger partial charge is 0.266 e. The van der Waals surface area contributed by atoms with Gasteiger partial charge in [0.15, 0.2) is 10.2 Å². The summed E-state index contributed by atoms with van der Waals surface area (Å²) >= 11 is 2.23. The van der Waals surface area contributed by atoms with Crippen molar-refractivity contribution in [2.75, 3.05) is 19.1 Å². The van der Waals surface area contributed by atoms with Crippen molar-refractivity contribution in [3.8, 4) is 30.3 Å². The lowest BCUT2D eigenvalue weighted by atomic mass is 9.78. The monoisotopic (exact) mass is 597 g/mol. The highest BCUT2D eigenvalue weighted by atomic mass is 32.2. The van der Waals surface area contributed by atoms with E-state index in [0.717, 1.165) is 61.2 Å². The topological polar surface area (TPSA) is 169 Å². The molecule has 0 saturated heterocycles. The Morgan fingerprint density at radius 2 is 1.38 bits per heavy atom. The minimum Gasteiger partial charge on any atom is -0.387 e. The van der Waals surface area contributed by atoms with Crippen molar-refractivity contribution < 1.29 is 9.59 Å². The molecule has 2 rings (SSSR count). The molecule has 0 aromatic carbocycles. The predicted molar refractivity (Wildman–Crippen MR) is 161 cm³/mol. The molecule has 0 fully saturated rings. The van der Waals surface area contributed by atoms with Gasteiger partial charge in [0.2, 0.25) is 0 Å². The first-order valence-corrected chi connectivity index (χ1v) is 16.0. The van der Waals surface area contributed by atoms with Gasteiger partial charge in [0, 0.05) is 24.1 Å². The van der Waals surface area contributed by atoms with Gasteiger partial charge in [0.1, 0.15) is 17.7 Å². The molecule has 0 heterocycles. The van der Waals surface area contributed by atoms with Crippen LogP contribution in [0.25, 0.3) is 4.85 Å². The fraction of sp³-hybridized carbons (Fsp3) is 0.484. The molecule has 9 nitrogen and oxygen atoms in total. The van der Waals surface area contributed by atoms with Gasteiger partial charge in [-0.15, -0.1) is 0 Å². The number of rotatable bonds is 11. The van der Waals surface area contributed by atoms with Crippen LogP contribution < -0.4 is 5.32 Å². The van der Waals surface area contributed by atoms with Crippen molar-refractivity contribution in [3.63, 3.8) is 0 Å². The second-order valence-electron chi connectivity index (χ2n) is 9.88. The lowest BCUT2D eigenvalue weighted by Gasteiger charge is -2.26. The van der Waals surface area contributed by atoms with Crippen molar-refractivity contribution >= 4 is 33.8 Å². The Morgan fingerprint density at radius 1 is 0.810 bits per heavy atom. The van der Waals surface area contributed by atoms with E-state index in [9.17, 15) is 35.9 Å². The van der Waals surface area contributed by atoms with Gasteiger partial charge in [-0.3, -0.25) is 9.59 Å². The summed E-state index contributed by atoms with van der Waals surface area (Å²) in [5.41, 5.74) is 2.55. The lowest BCUT2D eigenvalue weighted by molar-refractivity contribution is -0.115. The van der Waals surface area contributed by atoms with Gasteiger partial charge in [0.25, 0.3) is 5.70 Å². The molecule has 2 unspecified atom stereocenters. The first-order chi connectivity index (χ1) is 20.3. The Bertz CT molecular complexity index is 1330. The van der Waals surface area contributed by atoms with Gasteiger partial charge in [0.05, 0.1) is 35.9 Å². The minimum atomic E-state index is -0.398. The van der Waals surface area contributed by atoms with E-state index in [1.54, 1.807) is 12.5 Å². The highest BCUT2D eigenvalue weighted by molar-refractivity contribution is 8.13.